The molecule has 62 heavy (non-hydrogen) atoms. The van der Waals surface area contributed by atoms with Gasteiger partial charge in [-0.3, -0.25) is 9.48 Å². The number of carbonyl (C=O) groups is 1. The molecule has 1 aliphatic rings. The zero-order valence-electron chi connectivity index (χ0n) is 38.6. The Kier molecular flexibility index (Phi) is 28.8. The van der Waals surface area contributed by atoms with Crippen molar-refractivity contribution < 1.29 is 44.9 Å². The van der Waals surface area contributed by atoms with Crippen LogP contribution in [-0.4, -0.2) is 102 Å². The van der Waals surface area contributed by atoms with Crippen LogP contribution >= 0.6 is 0 Å². The van der Waals surface area contributed by atoms with Crippen LogP contribution in [0.3, 0.4) is 0 Å². The van der Waals surface area contributed by atoms with E-state index >= 15 is 0 Å². The van der Waals surface area contributed by atoms with Gasteiger partial charge in [0.25, 0.3) is 0 Å². The Bertz CT molecular complexity index is 1390. The molecule has 0 radical (unpaired) electrons. The third-order valence-corrected chi connectivity index (χ3v) is 12.6. The van der Waals surface area contributed by atoms with Crippen molar-refractivity contribution in [3.63, 3.8) is 0 Å². The number of aryl methyl sites for hydroxylation is 3. The molecular formula is C50H87N3O9. The smallest absolute Gasteiger partial charge is 0.220 e. The van der Waals surface area contributed by atoms with Gasteiger partial charge in [-0.25, -0.2) is 0 Å². The molecule has 8 atom stereocenters. The molecule has 12 nitrogen and oxygen atoms in total. The number of unbranched alkanes of at least 4 members (excludes halogenated alkanes) is 22. The van der Waals surface area contributed by atoms with E-state index in [1.807, 2.05) is 0 Å². The van der Waals surface area contributed by atoms with E-state index in [1.54, 1.807) is 10.9 Å². The summed E-state index contributed by atoms with van der Waals surface area (Å²) in [7, 11) is 0. The lowest BCUT2D eigenvalue weighted by Gasteiger charge is -2.40. The Hall–Kier alpha value is -2.42. The Balaban J connectivity index is 1.37. The maximum atomic E-state index is 13.2. The monoisotopic (exact) mass is 874 g/mol. The van der Waals surface area contributed by atoms with Gasteiger partial charge in [0.1, 0.15) is 36.6 Å². The van der Waals surface area contributed by atoms with E-state index in [2.05, 4.69) is 48.5 Å². The molecule has 1 fully saturated rings. The molecule has 12 heteroatoms. The minimum Gasteiger partial charge on any atom is -0.394 e. The Morgan fingerprint density at radius 2 is 1.18 bits per heavy atom. The minimum absolute atomic E-state index is 0.232. The first-order valence-electron chi connectivity index (χ1n) is 24.9. The summed E-state index contributed by atoms with van der Waals surface area (Å²) < 4.78 is 12.9. The van der Waals surface area contributed by atoms with Crippen LogP contribution in [0.4, 0.5) is 0 Å². The van der Waals surface area contributed by atoms with Crippen LogP contribution in [-0.2, 0) is 33.7 Å². The van der Waals surface area contributed by atoms with Crippen molar-refractivity contribution >= 4 is 5.91 Å². The molecule has 1 aromatic carbocycles. The molecule has 1 saturated heterocycles. The predicted octanol–water partition coefficient (Wildman–Crippen LogP) is 8.16. The van der Waals surface area contributed by atoms with Crippen molar-refractivity contribution in [2.24, 2.45) is 0 Å². The second-order valence-electron chi connectivity index (χ2n) is 18.0. The summed E-state index contributed by atoms with van der Waals surface area (Å²) in [6.07, 6.45) is 25.2. The van der Waals surface area contributed by atoms with Crippen LogP contribution < -0.4 is 5.32 Å². The van der Waals surface area contributed by atoms with E-state index < -0.39 is 62.2 Å². The topological polar surface area (TPSA) is 187 Å². The first kappa shape index (κ1) is 53.9. The molecule has 0 bridgehead atoms. The first-order valence-corrected chi connectivity index (χ1v) is 24.9. The molecule has 2 heterocycles. The number of aromatic nitrogens is 2. The number of ether oxygens (including phenoxy) is 2. The van der Waals surface area contributed by atoms with Crippen molar-refractivity contribution in [1.29, 1.82) is 0 Å². The van der Waals surface area contributed by atoms with Crippen molar-refractivity contribution in [3.05, 3.63) is 53.3 Å². The highest BCUT2D eigenvalue weighted by Gasteiger charge is 2.44. The number of hydrogen-bond acceptors (Lipinski definition) is 10. The molecule has 0 saturated carbocycles. The number of benzene rings is 1. The van der Waals surface area contributed by atoms with Crippen molar-refractivity contribution in [1.82, 2.24) is 15.1 Å². The third kappa shape index (κ3) is 21.5. The van der Waals surface area contributed by atoms with Crippen LogP contribution in [0.15, 0.2) is 36.7 Å². The third-order valence-electron chi connectivity index (χ3n) is 12.6. The fraction of sp³-hybridized carbons (Fsp3) is 0.800. The van der Waals surface area contributed by atoms with E-state index in [4.69, 9.17) is 9.47 Å². The molecule has 0 aliphatic carbocycles. The summed E-state index contributed by atoms with van der Waals surface area (Å²) in [4.78, 5) is 13.2. The van der Waals surface area contributed by atoms with Crippen LogP contribution in [0.5, 0.6) is 0 Å². The number of carbonyl (C=O) groups excluding carboxylic acids is 1. The van der Waals surface area contributed by atoms with Gasteiger partial charge in [0.15, 0.2) is 6.29 Å². The Morgan fingerprint density at radius 3 is 1.69 bits per heavy atom. The molecule has 1 aliphatic heterocycles. The van der Waals surface area contributed by atoms with Gasteiger partial charge in [-0.05, 0) is 36.8 Å². The number of aliphatic hydroxyl groups excluding tert-OH is 6. The summed E-state index contributed by atoms with van der Waals surface area (Å²) in [5, 5.41) is 70.5. The van der Waals surface area contributed by atoms with E-state index in [-0.39, 0.29) is 12.3 Å². The van der Waals surface area contributed by atoms with Gasteiger partial charge in [0.05, 0.1) is 25.5 Å². The van der Waals surface area contributed by atoms with Gasteiger partial charge >= 0.3 is 0 Å². The van der Waals surface area contributed by atoms with E-state index in [0.29, 0.717) is 18.5 Å². The number of rotatable bonds is 37. The second kappa shape index (κ2) is 33.1. The maximum Gasteiger partial charge on any atom is 0.220 e. The van der Waals surface area contributed by atoms with Crippen molar-refractivity contribution in [3.8, 4) is 0 Å². The quantitative estimate of drug-likeness (QED) is 0.0327. The van der Waals surface area contributed by atoms with Gasteiger partial charge < -0.3 is 45.4 Å². The van der Waals surface area contributed by atoms with Crippen LogP contribution in [0.25, 0.3) is 0 Å². The molecule has 1 amide bonds. The molecule has 2 aromatic rings. The van der Waals surface area contributed by atoms with E-state index in [9.17, 15) is 35.4 Å². The molecule has 0 spiro atoms. The van der Waals surface area contributed by atoms with Crippen molar-refractivity contribution in [2.75, 3.05) is 13.2 Å². The van der Waals surface area contributed by atoms with Crippen LogP contribution in [0.1, 0.15) is 197 Å². The summed E-state index contributed by atoms with van der Waals surface area (Å²) in [6, 6.07) is 7.48. The number of amides is 1. The fourth-order valence-electron chi connectivity index (χ4n) is 8.39. The molecule has 356 valence electrons. The first-order chi connectivity index (χ1) is 30.2. The zero-order chi connectivity index (χ0) is 44.8. The maximum absolute atomic E-state index is 13.2. The number of nitrogens with zero attached hydrogens (tertiary/aromatic N) is 2. The normalized spacial score (nSPS) is 20.6. The van der Waals surface area contributed by atoms with Crippen LogP contribution in [0, 0.1) is 0 Å². The number of hydrogen-bond donors (Lipinski definition) is 7. The summed E-state index contributed by atoms with van der Waals surface area (Å²) in [5.41, 5.74) is 2.86. The molecular weight excluding hydrogens is 787 g/mol. The van der Waals surface area contributed by atoms with Gasteiger partial charge in [-0.2, -0.15) is 5.10 Å². The van der Waals surface area contributed by atoms with Crippen molar-refractivity contribution in [2.45, 2.75) is 243 Å². The van der Waals surface area contributed by atoms with E-state index in [1.165, 1.54) is 146 Å². The standard InChI is InChI=1S/C50H87N3O9/c1-3-5-7-8-9-10-11-12-13-14-15-16-17-18-19-20-21-22-23-24-26-28-44(55)52-42(38-61-50-49(60)48(59)47(58)43(37-54)62-50)46(57)45(56)41-35-51-53(36-41)34-33-40-31-29-39(30-32-40)27-25-6-4-2/h29-32,35-36,42-43,45-50,54,56-60H,3-28,33-34,37-38H2,1-2H3,(H,52,55)/t42-,43+,45+,46-,47-,48-,49+,50-/m0/s1. The molecule has 1 aromatic heterocycles. The lowest BCUT2D eigenvalue weighted by Crippen LogP contribution is -2.60. The highest BCUT2D eigenvalue weighted by atomic mass is 16.7. The Morgan fingerprint density at radius 1 is 0.694 bits per heavy atom. The highest BCUT2D eigenvalue weighted by molar-refractivity contribution is 5.76. The minimum atomic E-state index is -1.65. The average molecular weight is 874 g/mol. The average Bonchev–Trinajstić information content (AvgIpc) is 3.76. The van der Waals surface area contributed by atoms with Gasteiger partial charge in [0.2, 0.25) is 5.91 Å². The van der Waals surface area contributed by atoms with Crippen LogP contribution in [0.2, 0.25) is 0 Å². The predicted molar refractivity (Wildman–Crippen MR) is 245 cm³/mol. The largest absolute Gasteiger partial charge is 0.394 e. The lowest BCUT2D eigenvalue weighted by molar-refractivity contribution is -0.303. The zero-order valence-corrected chi connectivity index (χ0v) is 38.6. The number of nitrogens with one attached hydrogen (secondary N) is 1. The summed E-state index contributed by atoms with van der Waals surface area (Å²) in [6.45, 7) is 4.02. The molecule has 7 N–H and O–H groups in total. The van der Waals surface area contributed by atoms with Gasteiger partial charge in [-0.1, -0.05) is 179 Å². The lowest BCUT2D eigenvalue weighted by atomic mass is 9.99. The van der Waals surface area contributed by atoms with Gasteiger partial charge in [-0.15, -0.1) is 0 Å². The highest BCUT2D eigenvalue weighted by Crippen LogP contribution is 2.25. The summed E-state index contributed by atoms with van der Waals surface area (Å²) in [5.74, 6) is -0.316. The fourth-order valence-corrected chi connectivity index (χ4v) is 8.39. The molecule has 3 rings (SSSR count). The van der Waals surface area contributed by atoms with E-state index in [0.717, 1.165) is 32.1 Å². The second-order valence-corrected chi connectivity index (χ2v) is 18.0. The number of aliphatic hydroxyl groups is 6. The summed E-state index contributed by atoms with van der Waals surface area (Å²) >= 11 is 0. The molecule has 0 unspecified atom stereocenters. The Labute approximate surface area is 374 Å². The SMILES string of the molecule is CCCCCCCCCCCCCCCCCCCCCCCC(=O)N[C@@H](CO[C@H]1O[C@H](CO)[C@H](O)[C@H](O)[C@H]1O)[C@H](O)[C@H](O)c1cnn(CCc2ccc(CCCCC)cc2)c1. The van der Waals surface area contributed by atoms with Gasteiger partial charge in [0, 0.05) is 24.7 Å².